The summed E-state index contributed by atoms with van der Waals surface area (Å²) in [6.07, 6.45) is 3.66. The highest BCUT2D eigenvalue weighted by Gasteiger charge is 2.12. The third-order valence-corrected chi connectivity index (χ3v) is 1.98. The van der Waals surface area contributed by atoms with Gasteiger partial charge in [0, 0.05) is 18.4 Å². The van der Waals surface area contributed by atoms with Crippen molar-refractivity contribution in [3.05, 3.63) is 35.4 Å². The zero-order chi connectivity index (χ0) is 11.8. The molecule has 2 heterocycles. The molecular weight excluding hydrogens is 190 g/mol. The summed E-state index contributed by atoms with van der Waals surface area (Å²) >= 11 is 0. The second kappa shape index (κ2) is 6.81. The van der Waals surface area contributed by atoms with Gasteiger partial charge in [-0.15, -0.1) is 13.2 Å². The Bertz CT molecular complexity index is 357. The molecule has 0 saturated carbocycles. The first-order valence-corrected chi connectivity index (χ1v) is 5.13. The van der Waals surface area contributed by atoms with Crippen LogP contribution in [0.4, 0.5) is 5.82 Å². The van der Waals surface area contributed by atoms with Gasteiger partial charge in [0.15, 0.2) is 5.82 Å². The van der Waals surface area contributed by atoms with Crippen LogP contribution < -0.4 is 11.3 Å². The number of hydrogen-bond donors (Lipinski definition) is 1. The first-order chi connectivity index (χ1) is 7.29. The summed E-state index contributed by atoms with van der Waals surface area (Å²) in [4.78, 5) is 15.0. The lowest BCUT2D eigenvalue weighted by atomic mass is 10.3. The van der Waals surface area contributed by atoms with E-state index in [-0.39, 0.29) is 11.4 Å². The molecule has 1 aliphatic rings. The molecule has 1 aromatic heterocycles. The lowest BCUT2D eigenvalue weighted by molar-refractivity contribution is 0.718. The maximum Gasteiger partial charge on any atom is 0.293 e. The number of nitrogen functional groups attached to an aromatic ring is 1. The summed E-state index contributed by atoms with van der Waals surface area (Å²) in [5, 5.41) is 0. The Kier molecular flexibility index (Phi) is 6.09. The topological polar surface area (TPSA) is 60.9 Å². The van der Waals surface area contributed by atoms with Crippen molar-refractivity contribution in [2.75, 3.05) is 5.73 Å². The van der Waals surface area contributed by atoms with Crippen LogP contribution in [0.5, 0.6) is 0 Å². The number of nitrogens with zero attached hydrogens (tertiary/aromatic N) is 2. The molecule has 0 radical (unpaired) electrons. The Labute approximate surface area is 90.5 Å². The van der Waals surface area contributed by atoms with Crippen LogP contribution in [0.2, 0.25) is 0 Å². The molecule has 2 rings (SSSR count). The molecule has 0 spiro atoms. The summed E-state index contributed by atoms with van der Waals surface area (Å²) in [5.41, 5.74) is 6.21. The van der Waals surface area contributed by atoms with Crippen LogP contribution in [-0.2, 0) is 13.0 Å². The predicted octanol–water partition coefficient (Wildman–Crippen LogP) is 1.60. The van der Waals surface area contributed by atoms with Gasteiger partial charge in [-0.2, -0.15) is 0 Å². The number of aryl methyl sites for hydroxylation is 1. The van der Waals surface area contributed by atoms with Crippen molar-refractivity contribution in [3.8, 4) is 0 Å². The van der Waals surface area contributed by atoms with E-state index >= 15 is 0 Å². The quantitative estimate of drug-likeness (QED) is 0.660. The Morgan fingerprint density at radius 2 is 2.07 bits per heavy atom. The highest BCUT2D eigenvalue weighted by Crippen LogP contribution is 2.09. The zero-order valence-corrected chi connectivity index (χ0v) is 9.49. The molecule has 2 N–H and O–H groups in total. The van der Waals surface area contributed by atoms with E-state index in [2.05, 4.69) is 18.1 Å². The number of fused-ring (bicyclic) bond motifs is 1. The van der Waals surface area contributed by atoms with Gasteiger partial charge in [-0.05, 0) is 12.8 Å². The van der Waals surface area contributed by atoms with Crippen LogP contribution in [0.25, 0.3) is 0 Å². The molecule has 4 nitrogen and oxygen atoms in total. The SMILES string of the molecule is C=C.CC.Nc1ncc2n(c1=O)CCC2. The minimum absolute atomic E-state index is 0.107. The molecule has 1 aliphatic heterocycles. The smallest absolute Gasteiger partial charge is 0.293 e. The van der Waals surface area contributed by atoms with E-state index < -0.39 is 0 Å². The van der Waals surface area contributed by atoms with Crippen molar-refractivity contribution >= 4 is 5.82 Å². The highest BCUT2D eigenvalue weighted by molar-refractivity contribution is 5.25. The molecule has 0 aromatic carbocycles. The molecule has 84 valence electrons. The van der Waals surface area contributed by atoms with E-state index in [9.17, 15) is 4.79 Å². The summed E-state index contributed by atoms with van der Waals surface area (Å²) in [6.45, 7) is 10.8. The van der Waals surface area contributed by atoms with E-state index in [1.165, 1.54) is 0 Å². The molecule has 15 heavy (non-hydrogen) atoms. The lowest BCUT2D eigenvalue weighted by Crippen LogP contribution is -2.23. The molecule has 0 fully saturated rings. The Balaban J connectivity index is 0.000000442. The number of hydrogen-bond acceptors (Lipinski definition) is 3. The van der Waals surface area contributed by atoms with Crippen molar-refractivity contribution in [1.82, 2.24) is 9.55 Å². The average molecular weight is 209 g/mol. The lowest BCUT2D eigenvalue weighted by Gasteiger charge is -2.00. The van der Waals surface area contributed by atoms with Crippen molar-refractivity contribution in [1.29, 1.82) is 0 Å². The van der Waals surface area contributed by atoms with Gasteiger partial charge in [0.1, 0.15) is 0 Å². The fourth-order valence-electron chi connectivity index (χ4n) is 1.40. The Morgan fingerprint density at radius 3 is 2.67 bits per heavy atom. The number of aromatic nitrogens is 2. The summed E-state index contributed by atoms with van der Waals surface area (Å²) in [7, 11) is 0. The first kappa shape index (κ1) is 13.4. The third kappa shape index (κ3) is 2.94. The fraction of sp³-hybridized carbons (Fsp3) is 0.455. The molecule has 0 unspecified atom stereocenters. The molecule has 4 heteroatoms. The Hall–Kier alpha value is -1.58. The standard InChI is InChI=1S/C7H9N3O.C2H6.C2H4/c8-6-7(11)10-3-1-2-5(10)4-9-6;2*1-2/h4H,1-3H2,(H2,8,9);1-2H3;1-2H2. The van der Waals surface area contributed by atoms with Gasteiger partial charge in [-0.1, -0.05) is 13.8 Å². The predicted molar refractivity (Wildman–Crippen MR) is 63.8 cm³/mol. The maximum atomic E-state index is 11.2. The van der Waals surface area contributed by atoms with Gasteiger partial charge in [0.2, 0.25) is 0 Å². The number of nitrogens with two attached hydrogens (primary N) is 1. The molecule has 0 amide bonds. The number of rotatable bonds is 0. The summed E-state index contributed by atoms with van der Waals surface area (Å²) in [5.74, 6) is 0.107. The zero-order valence-electron chi connectivity index (χ0n) is 9.49. The first-order valence-electron chi connectivity index (χ1n) is 5.13. The molecule has 0 atom stereocenters. The van der Waals surface area contributed by atoms with Crippen molar-refractivity contribution in [2.24, 2.45) is 0 Å². The van der Waals surface area contributed by atoms with Crippen LogP contribution in [-0.4, -0.2) is 9.55 Å². The molecular formula is C11H19N3O. The van der Waals surface area contributed by atoms with Crippen molar-refractivity contribution < 1.29 is 0 Å². The van der Waals surface area contributed by atoms with Gasteiger partial charge in [0.25, 0.3) is 5.56 Å². The summed E-state index contributed by atoms with van der Waals surface area (Å²) in [6, 6.07) is 0. The second-order valence-corrected chi connectivity index (χ2v) is 2.70. The van der Waals surface area contributed by atoms with Crippen LogP contribution in [0.3, 0.4) is 0 Å². The highest BCUT2D eigenvalue weighted by atomic mass is 16.1. The minimum Gasteiger partial charge on any atom is -0.379 e. The van der Waals surface area contributed by atoms with Gasteiger partial charge in [-0.25, -0.2) is 4.98 Å². The van der Waals surface area contributed by atoms with Crippen LogP contribution >= 0.6 is 0 Å². The van der Waals surface area contributed by atoms with Crippen molar-refractivity contribution in [3.63, 3.8) is 0 Å². The maximum absolute atomic E-state index is 11.2. The van der Waals surface area contributed by atoms with Crippen molar-refractivity contribution in [2.45, 2.75) is 33.2 Å². The monoisotopic (exact) mass is 209 g/mol. The molecule has 1 aromatic rings. The van der Waals surface area contributed by atoms with E-state index in [4.69, 9.17) is 5.73 Å². The average Bonchev–Trinajstić information content (AvgIpc) is 2.78. The van der Waals surface area contributed by atoms with Gasteiger partial charge in [-0.3, -0.25) is 4.79 Å². The molecule has 0 bridgehead atoms. The third-order valence-electron chi connectivity index (χ3n) is 1.98. The van der Waals surface area contributed by atoms with E-state index in [1.54, 1.807) is 10.8 Å². The van der Waals surface area contributed by atoms with Crippen LogP contribution in [0.15, 0.2) is 24.1 Å². The Morgan fingerprint density at radius 1 is 1.47 bits per heavy atom. The van der Waals surface area contributed by atoms with E-state index in [1.807, 2.05) is 13.8 Å². The fourth-order valence-corrected chi connectivity index (χ4v) is 1.40. The molecule has 0 saturated heterocycles. The van der Waals surface area contributed by atoms with Crippen LogP contribution in [0, 0.1) is 0 Å². The van der Waals surface area contributed by atoms with Gasteiger partial charge >= 0.3 is 0 Å². The van der Waals surface area contributed by atoms with Gasteiger partial charge in [0.05, 0.1) is 0 Å². The normalized spacial score (nSPS) is 11.6. The van der Waals surface area contributed by atoms with Gasteiger partial charge < -0.3 is 10.3 Å². The van der Waals surface area contributed by atoms with E-state index in [0.717, 1.165) is 25.1 Å². The summed E-state index contributed by atoms with van der Waals surface area (Å²) < 4.78 is 1.70. The molecule has 0 aliphatic carbocycles. The van der Waals surface area contributed by atoms with Crippen LogP contribution in [0.1, 0.15) is 26.0 Å². The number of anilines is 1. The minimum atomic E-state index is -0.139. The second-order valence-electron chi connectivity index (χ2n) is 2.70. The largest absolute Gasteiger partial charge is 0.379 e. The van der Waals surface area contributed by atoms with E-state index in [0.29, 0.717) is 0 Å².